The van der Waals surface area contributed by atoms with E-state index in [0.717, 1.165) is 16.4 Å². The van der Waals surface area contributed by atoms with E-state index in [4.69, 9.17) is 4.74 Å². The average molecular weight is 380 g/mol. The van der Waals surface area contributed by atoms with Crippen LogP contribution in [0.2, 0.25) is 0 Å². The van der Waals surface area contributed by atoms with Gasteiger partial charge in [0.05, 0.1) is 31.4 Å². The fourth-order valence-corrected chi connectivity index (χ4v) is 3.66. The summed E-state index contributed by atoms with van der Waals surface area (Å²) in [6.07, 6.45) is -0.363. The zero-order valence-electron chi connectivity index (χ0n) is 13.8. The van der Waals surface area contributed by atoms with Crippen LogP contribution in [0.25, 0.3) is 0 Å². The second-order valence-electron chi connectivity index (χ2n) is 6.08. The Morgan fingerprint density at radius 2 is 1.84 bits per heavy atom. The number of carbonyl (C=O) groups excluding carboxylic acids is 1. The second-order valence-corrected chi connectivity index (χ2v) is 8.31. The molecule has 0 spiro atoms. The Morgan fingerprint density at radius 1 is 1.24 bits per heavy atom. The number of hydrogen-bond acceptors (Lipinski definition) is 4. The van der Waals surface area contributed by atoms with Crippen molar-refractivity contribution in [3.8, 4) is 0 Å². The molecule has 0 aliphatic carbocycles. The van der Waals surface area contributed by atoms with E-state index in [1.807, 2.05) is 0 Å². The monoisotopic (exact) mass is 380 g/mol. The molecule has 0 saturated carbocycles. The minimum atomic E-state index is -3.46. The van der Waals surface area contributed by atoms with Gasteiger partial charge in [0.1, 0.15) is 0 Å². The van der Waals surface area contributed by atoms with Gasteiger partial charge >= 0.3 is 0 Å². The molecule has 1 N–H and O–H groups in total. The van der Waals surface area contributed by atoms with Crippen LogP contribution in [0.3, 0.4) is 0 Å². The van der Waals surface area contributed by atoms with Gasteiger partial charge in [-0.05, 0) is 17.7 Å². The average Bonchev–Trinajstić information content (AvgIpc) is 2.90. The molecule has 2 atom stereocenters. The zero-order valence-corrected chi connectivity index (χ0v) is 14.6. The molecule has 6 nitrogen and oxygen atoms in total. The van der Waals surface area contributed by atoms with E-state index in [2.05, 4.69) is 5.32 Å². The molecule has 10 heteroatoms. The van der Waals surface area contributed by atoms with Crippen LogP contribution in [0.1, 0.15) is 5.56 Å². The first-order chi connectivity index (χ1) is 11.6. The van der Waals surface area contributed by atoms with E-state index in [1.165, 1.54) is 14.1 Å². The fraction of sp³-hybridized carbons (Fsp3) is 0.533. The van der Waals surface area contributed by atoms with Crippen LogP contribution in [0.4, 0.5) is 13.2 Å². The summed E-state index contributed by atoms with van der Waals surface area (Å²) in [7, 11) is -0.638. The smallest absolute Gasteiger partial charge is 0.224 e. The largest absolute Gasteiger partial charge is 0.379 e. The van der Waals surface area contributed by atoms with Gasteiger partial charge in [0.15, 0.2) is 17.5 Å². The lowest BCUT2D eigenvalue weighted by Crippen LogP contribution is -2.44. The highest BCUT2D eigenvalue weighted by molar-refractivity contribution is 7.89. The number of ether oxygens (including phenoxy) is 1. The maximum absolute atomic E-state index is 13.2. The molecule has 0 unspecified atom stereocenters. The van der Waals surface area contributed by atoms with Crippen LogP contribution in [-0.4, -0.2) is 57.7 Å². The number of halogens is 3. The van der Waals surface area contributed by atoms with Gasteiger partial charge in [0.2, 0.25) is 15.9 Å². The second kappa shape index (κ2) is 7.71. The van der Waals surface area contributed by atoms with E-state index in [1.54, 1.807) is 0 Å². The highest BCUT2D eigenvalue weighted by Gasteiger charge is 2.34. The normalized spacial score (nSPS) is 20.9. The van der Waals surface area contributed by atoms with E-state index in [9.17, 15) is 26.4 Å². The molecule has 0 bridgehead atoms. The first-order valence-electron chi connectivity index (χ1n) is 7.51. The number of nitrogens with one attached hydrogen (secondary N) is 1. The third-order valence-electron chi connectivity index (χ3n) is 3.93. The molecule has 25 heavy (non-hydrogen) atoms. The van der Waals surface area contributed by atoms with Crippen molar-refractivity contribution in [3.63, 3.8) is 0 Å². The van der Waals surface area contributed by atoms with Crippen molar-refractivity contribution in [3.05, 3.63) is 35.1 Å². The number of hydrogen-bond donors (Lipinski definition) is 1. The highest BCUT2D eigenvalue weighted by atomic mass is 32.2. The summed E-state index contributed by atoms with van der Waals surface area (Å²) in [4.78, 5) is 12.1. The van der Waals surface area contributed by atoms with Crippen LogP contribution in [0, 0.1) is 23.4 Å². The van der Waals surface area contributed by atoms with Crippen LogP contribution in [0.15, 0.2) is 12.1 Å². The summed E-state index contributed by atoms with van der Waals surface area (Å²) in [5.41, 5.74) is -0.0229. The lowest BCUT2D eigenvalue weighted by atomic mass is 10.1. The quantitative estimate of drug-likeness (QED) is 0.736. The highest BCUT2D eigenvalue weighted by Crippen LogP contribution is 2.18. The van der Waals surface area contributed by atoms with Crippen LogP contribution in [0.5, 0.6) is 0 Å². The number of benzene rings is 1. The predicted molar refractivity (Wildman–Crippen MR) is 83.7 cm³/mol. The first kappa shape index (κ1) is 19.7. The minimum Gasteiger partial charge on any atom is -0.379 e. The lowest BCUT2D eigenvalue weighted by molar-refractivity contribution is -0.121. The molecule has 1 aromatic rings. The van der Waals surface area contributed by atoms with Gasteiger partial charge in [-0.2, -0.15) is 0 Å². The summed E-state index contributed by atoms with van der Waals surface area (Å²) in [6, 6.07) is 0.964. The predicted octanol–water partition coefficient (Wildman–Crippen LogP) is 0.669. The van der Waals surface area contributed by atoms with E-state index >= 15 is 0 Å². The Bertz CT molecular complexity index is 732. The van der Waals surface area contributed by atoms with Gasteiger partial charge in [-0.15, -0.1) is 0 Å². The summed E-state index contributed by atoms with van der Waals surface area (Å²) in [6.45, 7) is 0.323. The maximum Gasteiger partial charge on any atom is 0.224 e. The third kappa shape index (κ3) is 4.93. The van der Waals surface area contributed by atoms with E-state index in [0.29, 0.717) is 0 Å². The zero-order chi connectivity index (χ0) is 18.8. The topological polar surface area (TPSA) is 75.7 Å². The molecule has 1 fully saturated rings. The summed E-state index contributed by atoms with van der Waals surface area (Å²) in [5, 5.41) is 2.61. The molecule has 1 saturated heterocycles. The van der Waals surface area contributed by atoms with Gasteiger partial charge in [0, 0.05) is 20.0 Å². The van der Waals surface area contributed by atoms with Crippen molar-refractivity contribution < 1.29 is 31.1 Å². The number of rotatable bonds is 6. The van der Waals surface area contributed by atoms with Crippen LogP contribution in [-0.2, 0) is 26.0 Å². The molecule has 1 amide bonds. The van der Waals surface area contributed by atoms with Crippen LogP contribution < -0.4 is 5.32 Å². The molecular weight excluding hydrogens is 361 g/mol. The van der Waals surface area contributed by atoms with E-state index in [-0.39, 0.29) is 31.0 Å². The number of amides is 1. The molecule has 1 aliphatic rings. The van der Waals surface area contributed by atoms with Crippen LogP contribution >= 0.6 is 0 Å². The van der Waals surface area contributed by atoms with Crippen molar-refractivity contribution in [2.45, 2.75) is 12.5 Å². The minimum absolute atomic E-state index is 0.0229. The lowest BCUT2D eigenvalue weighted by Gasteiger charge is -2.21. The molecule has 140 valence electrons. The maximum atomic E-state index is 13.2. The molecule has 2 rings (SSSR count). The summed E-state index contributed by atoms with van der Waals surface area (Å²) >= 11 is 0. The summed E-state index contributed by atoms with van der Waals surface area (Å²) in [5.74, 6) is -5.53. The number of nitrogens with zero attached hydrogens (tertiary/aromatic N) is 1. The summed E-state index contributed by atoms with van der Waals surface area (Å²) < 4.78 is 69.5. The van der Waals surface area contributed by atoms with Crippen molar-refractivity contribution in [2.24, 2.45) is 5.92 Å². The van der Waals surface area contributed by atoms with Gasteiger partial charge in [-0.3, -0.25) is 4.79 Å². The van der Waals surface area contributed by atoms with Gasteiger partial charge in [-0.1, -0.05) is 0 Å². The Morgan fingerprint density at radius 3 is 2.40 bits per heavy atom. The van der Waals surface area contributed by atoms with Gasteiger partial charge in [0.25, 0.3) is 0 Å². The SMILES string of the molecule is CN(C)S(=O)(=O)C[C@@H]1COC[C@@H]1NC(=O)Cc1cc(F)c(F)c(F)c1. The Balaban J connectivity index is 2.00. The Labute approximate surface area is 144 Å². The van der Waals surface area contributed by atoms with Gasteiger partial charge in [-0.25, -0.2) is 25.9 Å². The molecule has 1 heterocycles. The van der Waals surface area contributed by atoms with Crippen molar-refractivity contribution in [1.82, 2.24) is 9.62 Å². The van der Waals surface area contributed by atoms with Gasteiger partial charge < -0.3 is 10.1 Å². The molecule has 1 aliphatic heterocycles. The third-order valence-corrected chi connectivity index (χ3v) is 5.90. The van der Waals surface area contributed by atoms with Crippen molar-refractivity contribution >= 4 is 15.9 Å². The first-order valence-corrected chi connectivity index (χ1v) is 9.12. The molecule has 1 aromatic carbocycles. The van der Waals surface area contributed by atoms with E-state index < -0.39 is 45.3 Å². The molecule has 0 aromatic heterocycles. The van der Waals surface area contributed by atoms with Crippen molar-refractivity contribution in [2.75, 3.05) is 33.1 Å². The Hall–Kier alpha value is -1.65. The number of carbonyl (C=O) groups is 1. The van der Waals surface area contributed by atoms with Crippen molar-refractivity contribution in [1.29, 1.82) is 0 Å². The number of sulfonamides is 1. The standard InChI is InChI=1S/C15H19F3N2O4S/c1-20(2)25(22,23)8-10-6-24-7-13(10)19-14(21)5-9-3-11(16)15(18)12(17)4-9/h3-4,10,13H,5-8H2,1-2H3,(H,19,21)/t10-,13-/m0/s1. The molecule has 0 radical (unpaired) electrons. The molecular formula is C15H19F3N2O4S. The fourth-order valence-electron chi connectivity index (χ4n) is 2.50. The Kier molecular flexibility index (Phi) is 6.07.